The van der Waals surface area contributed by atoms with Crippen molar-refractivity contribution in [2.24, 2.45) is 0 Å². The molecule has 9 heavy (non-hydrogen) atoms. The van der Waals surface area contributed by atoms with E-state index in [2.05, 4.69) is 24.5 Å². The molecule has 1 heteroatoms. The molecule has 0 saturated heterocycles. The van der Waals surface area contributed by atoms with Gasteiger partial charge in [-0.05, 0) is 36.5 Å². The van der Waals surface area contributed by atoms with Crippen LogP contribution in [-0.4, -0.2) is 0 Å². The van der Waals surface area contributed by atoms with Gasteiger partial charge in [-0.3, -0.25) is 0 Å². The van der Waals surface area contributed by atoms with E-state index >= 15 is 0 Å². The van der Waals surface area contributed by atoms with E-state index in [1.165, 1.54) is 24.2 Å². The summed E-state index contributed by atoms with van der Waals surface area (Å²) in [4.78, 5) is 1.44. The molecule has 0 bridgehead atoms. The average Bonchev–Trinajstić information content (AvgIpc) is 1.79. The van der Waals surface area contributed by atoms with Gasteiger partial charge >= 0.3 is 0 Å². The van der Waals surface area contributed by atoms with Gasteiger partial charge in [-0.1, -0.05) is 12.2 Å². The summed E-state index contributed by atoms with van der Waals surface area (Å²) in [6.45, 7) is 2.17. The first kappa shape index (κ1) is 6.94. The molecule has 0 aromatic rings. The third-order valence-corrected chi connectivity index (χ3v) is 2.22. The van der Waals surface area contributed by atoms with Gasteiger partial charge in [-0.2, -0.15) is 0 Å². The van der Waals surface area contributed by atoms with E-state index in [1.54, 1.807) is 0 Å². The molecule has 0 atom stereocenters. The minimum absolute atomic E-state index is 1.25. The summed E-state index contributed by atoms with van der Waals surface area (Å²) >= 11 is 1.83. The Hall–Kier alpha value is -0.170. The number of thioether (sulfide) groups is 1. The maximum atomic E-state index is 2.31. The lowest BCUT2D eigenvalue weighted by atomic mass is 10.2. The second-order valence-electron chi connectivity index (χ2n) is 2.24. The van der Waals surface area contributed by atoms with E-state index in [0.29, 0.717) is 0 Å². The lowest BCUT2D eigenvalue weighted by Gasteiger charge is -1.99. The van der Waals surface area contributed by atoms with Crippen molar-refractivity contribution in [2.45, 2.75) is 26.2 Å². The Balaban J connectivity index is 2.44. The van der Waals surface area contributed by atoms with Gasteiger partial charge in [0.2, 0.25) is 0 Å². The van der Waals surface area contributed by atoms with Crippen LogP contribution in [0.15, 0.2) is 22.5 Å². The molecule has 0 amide bonds. The highest BCUT2D eigenvalue weighted by Gasteiger charge is 1.89. The van der Waals surface area contributed by atoms with Crippen molar-refractivity contribution < 1.29 is 0 Å². The standard InChI is InChI=1S/C8H12S/c1-8-6-4-2-3-5-7-9-8/h5-7H,2-4H2,1H3. The largest absolute Gasteiger partial charge is 0.103 e. The molecule has 1 aliphatic rings. The number of hydrogen-bond donors (Lipinski definition) is 0. The first-order valence-electron chi connectivity index (χ1n) is 3.38. The van der Waals surface area contributed by atoms with Crippen LogP contribution in [-0.2, 0) is 0 Å². The maximum absolute atomic E-state index is 2.31. The van der Waals surface area contributed by atoms with Gasteiger partial charge in [0.25, 0.3) is 0 Å². The first-order chi connectivity index (χ1) is 4.39. The van der Waals surface area contributed by atoms with Crippen LogP contribution in [0.1, 0.15) is 26.2 Å². The van der Waals surface area contributed by atoms with Crippen LogP contribution >= 0.6 is 11.8 Å². The predicted molar refractivity (Wildman–Crippen MR) is 44.3 cm³/mol. The van der Waals surface area contributed by atoms with Crippen LogP contribution in [0.2, 0.25) is 0 Å². The zero-order valence-electron chi connectivity index (χ0n) is 5.76. The summed E-state index contributed by atoms with van der Waals surface area (Å²) in [5, 5.41) is 2.19. The van der Waals surface area contributed by atoms with Gasteiger partial charge in [0.1, 0.15) is 0 Å². The highest BCUT2D eigenvalue weighted by Crippen LogP contribution is 2.20. The SMILES string of the molecule is CC1=CCCCC=CS1. The van der Waals surface area contributed by atoms with Crippen molar-refractivity contribution in [3.05, 3.63) is 22.5 Å². The Bertz CT molecular complexity index is 134. The fourth-order valence-electron chi connectivity index (χ4n) is 0.813. The molecule has 0 nitrogen and oxygen atoms in total. The summed E-state index contributed by atoms with van der Waals surface area (Å²) in [6, 6.07) is 0. The minimum atomic E-state index is 1.25. The zero-order chi connectivity index (χ0) is 6.53. The van der Waals surface area contributed by atoms with Crippen molar-refractivity contribution >= 4 is 11.8 Å². The molecule has 0 spiro atoms. The third kappa shape index (κ3) is 2.75. The van der Waals surface area contributed by atoms with E-state index in [9.17, 15) is 0 Å². The molecular formula is C8H12S. The maximum Gasteiger partial charge on any atom is -0.0179 e. The van der Waals surface area contributed by atoms with Crippen molar-refractivity contribution in [3.8, 4) is 0 Å². The lowest BCUT2D eigenvalue weighted by molar-refractivity contribution is 0.866. The summed E-state index contributed by atoms with van der Waals surface area (Å²) in [5.41, 5.74) is 0. The van der Waals surface area contributed by atoms with Crippen molar-refractivity contribution in [1.29, 1.82) is 0 Å². The quantitative estimate of drug-likeness (QED) is 0.497. The van der Waals surface area contributed by atoms with Crippen LogP contribution in [0.4, 0.5) is 0 Å². The molecule has 1 aliphatic heterocycles. The van der Waals surface area contributed by atoms with E-state index in [0.717, 1.165) is 0 Å². The topological polar surface area (TPSA) is 0 Å². The van der Waals surface area contributed by atoms with Crippen LogP contribution in [0.3, 0.4) is 0 Å². The second kappa shape index (κ2) is 3.78. The first-order valence-corrected chi connectivity index (χ1v) is 4.26. The van der Waals surface area contributed by atoms with Gasteiger partial charge in [0.05, 0.1) is 0 Å². The molecule has 1 rings (SSSR count). The summed E-state index contributed by atoms with van der Waals surface area (Å²) < 4.78 is 0. The number of hydrogen-bond acceptors (Lipinski definition) is 1. The van der Waals surface area contributed by atoms with Gasteiger partial charge in [0, 0.05) is 0 Å². The third-order valence-electron chi connectivity index (χ3n) is 1.36. The smallest absolute Gasteiger partial charge is 0.0179 e. The summed E-state index contributed by atoms with van der Waals surface area (Å²) in [7, 11) is 0. The molecular weight excluding hydrogens is 128 g/mol. The van der Waals surface area contributed by atoms with E-state index in [-0.39, 0.29) is 0 Å². The Labute approximate surface area is 61.0 Å². The average molecular weight is 140 g/mol. The fourth-order valence-corrected chi connectivity index (χ4v) is 1.47. The Kier molecular flexibility index (Phi) is 2.92. The fraction of sp³-hybridized carbons (Fsp3) is 0.500. The molecule has 0 aromatic carbocycles. The molecule has 0 N–H and O–H groups in total. The highest BCUT2D eigenvalue weighted by atomic mass is 32.2. The van der Waals surface area contributed by atoms with E-state index in [4.69, 9.17) is 0 Å². The monoisotopic (exact) mass is 140 g/mol. The zero-order valence-corrected chi connectivity index (χ0v) is 6.58. The van der Waals surface area contributed by atoms with Gasteiger partial charge in [-0.15, -0.1) is 11.8 Å². The van der Waals surface area contributed by atoms with Crippen LogP contribution < -0.4 is 0 Å². The number of rotatable bonds is 0. The molecule has 0 saturated carbocycles. The minimum Gasteiger partial charge on any atom is -0.103 e. The van der Waals surface area contributed by atoms with Crippen molar-refractivity contribution in [3.63, 3.8) is 0 Å². The van der Waals surface area contributed by atoms with Gasteiger partial charge in [0.15, 0.2) is 0 Å². The van der Waals surface area contributed by atoms with E-state index in [1.807, 2.05) is 11.8 Å². The Morgan fingerprint density at radius 1 is 1.44 bits per heavy atom. The number of allylic oxidation sites excluding steroid dienone is 3. The van der Waals surface area contributed by atoms with Crippen LogP contribution in [0.25, 0.3) is 0 Å². The molecule has 0 aromatic heterocycles. The molecule has 0 aliphatic carbocycles. The molecule has 0 radical (unpaired) electrons. The summed E-state index contributed by atoms with van der Waals surface area (Å²) in [5.74, 6) is 0. The molecule has 0 unspecified atom stereocenters. The molecule has 0 fully saturated rings. The van der Waals surface area contributed by atoms with Crippen LogP contribution in [0, 0.1) is 0 Å². The van der Waals surface area contributed by atoms with Gasteiger partial charge in [-0.25, -0.2) is 0 Å². The Morgan fingerprint density at radius 3 is 3.22 bits per heavy atom. The van der Waals surface area contributed by atoms with E-state index < -0.39 is 0 Å². The lowest BCUT2D eigenvalue weighted by Crippen LogP contribution is -1.74. The highest BCUT2D eigenvalue weighted by molar-refractivity contribution is 8.05. The molecule has 1 heterocycles. The molecule has 50 valence electrons. The predicted octanol–water partition coefficient (Wildman–Crippen LogP) is 3.32. The van der Waals surface area contributed by atoms with Crippen molar-refractivity contribution in [1.82, 2.24) is 0 Å². The second-order valence-corrected chi connectivity index (χ2v) is 3.39. The normalized spacial score (nSPS) is 20.3. The van der Waals surface area contributed by atoms with Crippen molar-refractivity contribution in [2.75, 3.05) is 0 Å². The Morgan fingerprint density at radius 2 is 2.33 bits per heavy atom. The van der Waals surface area contributed by atoms with Crippen LogP contribution in [0.5, 0.6) is 0 Å². The summed E-state index contributed by atoms with van der Waals surface area (Å²) in [6.07, 6.45) is 8.38. The van der Waals surface area contributed by atoms with Gasteiger partial charge < -0.3 is 0 Å².